The van der Waals surface area contributed by atoms with Crippen LogP contribution in [0.15, 0.2) is 53.2 Å². The Morgan fingerprint density at radius 1 is 1.12 bits per heavy atom. The molecule has 9 heteroatoms. The number of hydrogen-bond donors (Lipinski definition) is 2. The van der Waals surface area contributed by atoms with Gasteiger partial charge in [0.15, 0.2) is 17.3 Å². The topological polar surface area (TPSA) is 121 Å². The molecule has 4 aromatic rings. The number of aromatic nitrogens is 4. The number of carbonyl (C=O) groups excluding carboxylic acids is 1. The summed E-state index contributed by atoms with van der Waals surface area (Å²) >= 11 is 0. The van der Waals surface area contributed by atoms with Gasteiger partial charge >= 0.3 is 0 Å². The van der Waals surface area contributed by atoms with Crippen LogP contribution in [0.2, 0.25) is 0 Å². The highest BCUT2D eigenvalue weighted by Gasteiger charge is 2.20. The molecule has 0 radical (unpaired) electrons. The van der Waals surface area contributed by atoms with Gasteiger partial charge < -0.3 is 20.4 Å². The van der Waals surface area contributed by atoms with E-state index < -0.39 is 0 Å². The smallest absolute Gasteiger partial charge is 0.244 e. The third-order valence-electron chi connectivity index (χ3n) is 5.07. The Balaban J connectivity index is 1.48. The molecule has 166 valence electrons. The van der Waals surface area contributed by atoms with Crippen molar-refractivity contribution in [1.82, 2.24) is 19.9 Å². The number of nitrogens with two attached hydrogens (primary N) is 1. The highest BCUT2D eigenvalue weighted by atomic mass is 16.6. The number of ether oxygens (including phenoxy) is 1. The molecule has 0 fully saturated rings. The van der Waals surface area contributed by atoms with Crippen LogP contribution in [-0.4, -0.2) is 32.4 Å². The third kappa shape index (κ3) is 4.88. The lowest BCUT2D eigenvalue weighted by Crippen LogP contribution is -2.19. The van der Waals surface area contributed by atoms with Crippen molar-refractivity contribution in [3.63, 3.8) is 0 Å². The lowest BCUT2D eigenvalue weighted by atomic mass is 10.2. The van der Waals surface area contributed by atoms with Gasteiger partial charge in [0.1, 0.15) is 12.3 Å². The molecule has 0 spiro atoms. The molecule has 0 aliphatic heterocycles. The number of amides is 1. The zero-order chi connectivity index (χ0) is 22.3. The molecule has 0 unspecified atom stereocenters. The van der Waals surface area contributed by atoms with E-state index in [0.29, 0.717) is 23.8 Å². The standard InChI is InChI=1S/C23H26N6O3/c1-2-3-4-7-13-31-17-10-8-9-16(14-17)25-20(30)15-29-19-12-6-5-11-18(19)26-23(29)21-22(24)28-32-27-21/h5-6,8-12,14H,2-4,7,13,15H2,1H3,(H2,24,28)(H,25,30). The number of imidazole rings is 1. The summed E-state index contributed by atoms with van der Waals surface area (Å²) in [7, 11) is 0. The van der Waals surface area contributed by atoms with Gasteiger partial charge in [-0.2, -0.15) is 0 Å². The van der Waals surface area contributed by atoms with E-state index in [1.165, 1.54) is 12.8 Å². The zero-order valence-electron chi connectivity index (χ0n) is 18.0. The van der Waals surface area contributed by atoms with Crippen LogP contribution < -0.4 is 15.8 Å². The predicted molar refractivity (Wildman–Crippen MR) is 122 cm³/mol. The molecule has 2 aromatic carbocycles. The van der Waals surface area contributed by atoms with Crippen molar-refractivity contribution in [3.8, 4) is 17.3 Å². The van der Waals surface area contributed by atoms with Crippen LogP contribution in [-0.2, 0) is 11.3 Å². The monoisotopic (exact) mass is 434 g/mol. The van der Waals surface area contributed by atoms with E-state index in [9.17, 15) is 4.79 Å². The first kappa shape index (κ1) is 21.4. The van der Waals surface area contributed by atoms with E-state index >= 15 is 0 Å². The van der Waals surface area contributed by atoms with Crippen molar-refractivity contribution < 1.29 is 14.2 Å². The second-order valence-corrected chi connectivity index (χ2v) is 7.49. The third-order valence-corrected chi connectivity index (χ3v) is 5.07. The number of hydrogen-bond acceptors (Lipinski definition) is 7. The number of benzene rings is 2. The van der Waals surface area contributed by atoms with Gasteiger partial charge in [0.05, 0.1) is 17.6 Å². The van der Waals surface area contributed by atoms with Gasteiger partial charge in [0, 0.05) is 11.8 Å². The number of nitrogens with one attached hydrogen (secondary N) is 1. The summed E-state index contributed by atoms with van der Waals surface area (Å²) in [5.41, 5.74) is 8.33. The van der Waals surface area contributed by atoms with Crippen LogP contribution in [0.25, 0.3) is 22.6 Å². The van der Waals surface area contributed by atoms with E-state index in [1.54, 1.807) is 4.57 Å². The Labute approximate surface area is 185 Å². The molecule has 4 rings (SSSR count). The molecule has 2 aromatic heterocycles. The number of carbonyl (C=O) groups is 1. The second kappa shape index (κ2) is 9.95. The molecular formula is C23H26N6O3. The summed E-state index contributed by atoms with van der Waals surface area (Å²) in [6.07, 6.45) is 4.57. The Hall–Kier alpha value is -3.88. The second-order valence-electron chi connectivity index (χ2n) is 7.49. The molecule has 0 saturated heterocycles. The van der Waals surface area contributed by atoms with Gasteiger partial charge in [-0.15, -0.1) is 0 Å². The zero-order valence-corrected chi connectivity index (χ0v) is 18.0. The van der Waals surface area contributed by atoms with Crippen molar-refractivity contribution in [1.29, 1.82) is 0 Å². The quantitative estimate of drug-likeness (QED) is 0.358. The normalized spacial score (nSPS) is 11.0. The SMILES string of the molecule is CCCCCCOc1cccc(NC(=O)Cn2c(-c3nonc3N)nc3ccccc32)c1. The average Bonchev–Trinajstić information content (AvgIpc) is 3.37. The van der Waals surface area contributed by atoms with E-state index in [1.807, 2.05) is 48.5 Å². The number of rotatable bonds is 10. The Kier molecular flexibility index (Phi) is 6.64. The van der Waals surface area contributed by atoms with E-state index in [0.717, 1.165) is 29.6 Å². The summed E-state index contributed by atoms with van der Waals surface area (Å²) in [4.78, 5) is 17.4. The van der Waals surface area contributed by atoms with E-state index in [4.69, 9.17) is 15.1 Å². The molecule has 0 saturated carbocycles. The van der Waals surface area contributed by atoms with Crippen LogP contribution in [0.4, 0.5) is 11.5 Å². The molecule has 0 aliphatic carbocycles. The highest BCUT2D eigenvalue weighted by Crippen LogP contribution is 2.26. The minimum atomic E-state index is -0.218. The molecular weight excluding hydrogens is 408 g/mol. The molecule has 9 nitrogen and oxygen atoms in total. The Bertz CT molecular complexity index is 1200. The number of fused-ring (bicyclic) bond motifs is 1. The first-order chi connectivity index (χ1) is 15.7. The molecule has 0 atom stereocenters. The fourth-order valence-corrected chi connectivity index (χ4v) is 3.49. The maximum absolute atomic E-state index is 12.9. The molecule has 3 N–H and O–H groups in total. The predicted octanol–water partition coefficient (Wildman–Crippen LogP) is 4.27. The lowest BCUT2D eigenvalue weighted by molar-refractivity contribution is -0.116. The van der Waals surface area contributed by atoms with Crippen LogP contribution in [0, 0.1) is 0 Å². The molecule has 0 bridgehead atoms. The Morgan fingerprint density at radius 3 is 2.81 bits per heavy atom. The molecule has 1 amide bonds. The van der Waals surface area contributed by atoms with Crippen LogP contribution in [0.1, 0.15) is 32.6 Å². The van der Waals surface area contributed by atoms with Crippen molar-refractivity contribution >= 4 is 28.4 Å². The maximum atomic E-state index is 12.9. The van der Waals surface area contributed by atoms with Crippen molar-refractivity contribution in [2.45, 2.75) is 39.2 Å². The summed E-state index contributed by atoms with van der Waals surface area (Å²) in [5.74, 6) is 1.05. The van der Waals surface area contributed by atoms with Gasteiger partial charge in [0.2, 0.25) is 5.91 Å². The van der Waals surface area contributed by atoms with E-state index in [-0.39, 0.29) is 18.3 Å². The highest BCUT2D eigenvalue weighted by molar-refractivity contribution is 5.93. The summed E-state index contributed by atoms with van der Waals surface area (Å²) in [6, 6.07) is 14.9. The fourth-order valence-electron chi connectivity index (χ4n) is 3.49. The van der Waals surface area contributed by atoms with E-state index in [2.05, 4.69) is 27.5 Å². The van der Waals surface area contributed by atoms with Gasteiger partial charge in [-0.1, -0.05) is 44.4 Å². The van der Waals surface area contributed by atoms with Gasteiger partial charge in [-0.05, 0) is 41.0 Å². The first-order valence-electron chi connectivity index (χ1n) is 10.7. The summed E-state index contributed by atoms with van der Waals surface area (Å²) < 4.78 is 12.3. The summed E-state index contributed by atoms with van der Waals surface area (Å²) in [6.45, 7) is 2.86. The first-order valence-corrected chi connectivity index (χ1v) is 10.7. The molecule has 0 aliphatic rings. The van der Waals surface area contributed by atoms with Crippen LogP contribution in [0.5, 0.6) is 5.75 Å². The van der Waals surface area contributed by atoms with Gasteiger partial charge in [-0.3, -0.25) is 4.79 Å². The fraction of sp³-hybridized carbons (Fsp3) is 0.304. The largest absolute Gasteiger partial charge is 0.494 e. The lowest BCUT2D eigenvalue weighted by Gasteiger charge is -2.11. The van der Waals surface area contributed by atoms with Crippen molar-refractivity contribution in [2.75, 3.05) is 17.7 Å². The number of nitrogens with zero attached hydrogens (tertiary/aromatic N) is 4. The van der Waals surface area contributed by atoms with Crippen molar-refractivity contribution in [3.05, 3.63) is 48.5 Å². The van der Waals surface area contributed by atoms with Crippen LogP contribution in [0.3, 0.4) is 0 Å². The van der Waals surface area contributed by atoms with Crippen molar-refractivity contribution in [2.24, 2.45) is 0 Å². The number of nitrogen functional groups attached to an aromatic ring is 1. The van der Waals surface area contributed by atoms with Gasteiger partial charge in [0.25, 0.3) is 0 Å². The van der Waals surface area contributed by atoms with Crippen LogP contribution >= 0.6 is 0 Å². The summed E-state index contributed by atoms with van der Waals surface area (Å²) in [5, 5.41) is 10.4. The minimum Gasteiger partial charge on any atom is -0.494 e. The average molecular weight is 435 g/mol. The number of anilines is 2. The molecule has 32 heavy (non-hydrogen) atoms. The Morgan fingerprint density at radius 2 is 2.00 bits per heavy atom. The maximum Gasteiger partial charge on any atom is 0.244 e. The number of unbranched alkanes of at least 4 members (excludes halogenated alkanes) is 3. The van der Waals surface area contributed by atoms with Gasteiger partial charge in [-0.25, -0.2) is 9.61 Å². The minimum absolute atomic E-state index is 0.0181. The number of para-hydroxylation sites is 2. The molecule has 2 heterocycles.